The van der Waals surface area contributed by atoms with Crippen molar-refractivity contribution < 1.29 is 4.79 Å². The summed E-state index contributed by atoms with van der Waals surface area (Å²) in [6.45, 7) is 0.647. The minimum absolute atomic E-state index is 0.0496. The maximum atomic E-state index is 12.1. The number of fused-ring (bicyclic) bond motifs is 1. The van der Waals surface area contributed by atoms with Gasteiger partial charge in [-0.05, 0) is 30.7 Å². The fraction of sp³-hybridized carbons (Fsp3) is 0.267. The fourth-order valence-corrected chi connectivity index (χ4v) is 2.75. The van der Waals surface area contributed by atoms with E-state index in [4.69, 9.17) is 0 Å². The summed E-state index contributed by atoms with van der Waals surface area (Å²) >= 11 is 0. The van der Waals surface area contributed by atoms with Crippen molar-refractivity contribution in [3.8, 4) is 5.69 Å². The number of benzene rings is 1. The summed E-state index contributed by atoms with van der Waals surface area (Å²) in [5, 5.41) is 17.7. The van der Waals surface area contributed by atoms with E-state index < -0.39 is 0 Å². The Morgan fingerprint density at radius 1 is 1.25 bits per heavy atom. The third-order valence-corrected chi connectivity index (χ3v) is 3.95. The first kappa shape index (κ1) is 14.4. The first-order valence-corrected chi connectivity index (χ1v) is 7.69. The summed E-state index contributed by atoms with van der Waals surface area (Å²) < 4.78 is 3.49. The van der Waals surface area contributed by atoms with Crippen LogP contribution < -0.4 is 10.6 Å². The van der Waals surface area contributed by atoms with Crippen LogP contribution in [-0.4, -0.2) is 41.8 Å². The number of rotatable bonds is 3. The number of carbonyl (C=O) groups excluding carboxylic acids is 1. The van der Waals surface area contributed by atoms with Gasteiger partial charge in [0.2, 0.25) is 0 Å². The summed E-state index contributed by atoms with van der Waals surface area (Å²) in [6, 6.07) is 7.21. The van der Waals surface area contributed by atoms with E-state index in [1.165, 1.54) is 0 Å². The molecule has 24 heavy (non-hydrogen) atoms. The largest absolute Gasteiger partial charge is 0.333 e. The SMILES string of the molecule is O=C(Nc1ccc(-n2ccnn2)cc1)N[C@H]1CCc2ncnn2C1. The molecule has 0 saturated heterocycles. The molecule has 2 N–H and O–H groups in total. The van der Waals surface area contributed by atoms with Crippen LogP contribution in [0.4, 0.5) is 10.5 Å². The Hall–Kier alpha value is -3.23. The lowest BCUT2D eigenvalue weighted by atomic mass is 10.1. The summed E-state index contributed by atoms with van der Waals surface area (Å²) in [7, 11) is 0. The van der Waals surface area contributed by atoms with Crippen LogP contribution >= 0.6 is 0 Å². The van der Waals surface area contributed by atoms with Crippen LogP contribution in [0.1, 0.15) is 12.2 Å². The molecule has 1 aromatic carbocycles. The quantitative estimate of drug-likeness (QED) is 0.748. The molecule has 0 saturated carbocycles. The molecule has 4 rings (SSSR count). The summed E-state index contributed by atoms with van der Waals surface area (Å²) in [5.74, 6) is 0.970. The molecule has 2 aromatic heterocycles. The lowest BCUT2D eigenvalue weighted by molar-refractivity contribution is 0.243. The van der Waals surface area contributed by atoms with E-state index in [1.54, 1.807) is 23.4 Å². The van der Waals surface area contributed by atoms with Crippen LogP contribution in [0.25, 0.3) is 5.69 Å². The van der Waals surface area contributed by atoms with E-state index in [0.29, 0.717) is 12.2 Å². The van der Waals surface area contributed by atoms with E-state index in [2.05, 4.69) is 31.0 Å². The van der Waals surface area contributed by atoms with Crippen molar-refractivity contribution in [2.24, 2.45) is 0 Å². The molecule has 122 valence electrons. The van der Waals surface area contributed by atoms with Gasteiger partial charge in [0.05, 0.1) is 30.7 Å². The van der Waals surface area contributed by atoms with Gasteiger partial charge in [0, 0.05) is 12.1 Å². The molecule has 9 heteroatoms. The molecular formula is C15H16N8O. The van der Waals surface area contributed by atoms with Crippen LogP contribution in [0.15, 0.2) is 43.0 Å². The highest BCUT2D eigenvalue weighted by molar-refractivity contribution is 5.89. The van der Waals surface area contributed by atoms with Crippen LogP contribution in [0.5, 0.6) is 0 Å². The zero-order valence-corrected chi connectivity index (χ0v) is 12.8. The summed E-state index contributed by atoms with van der Waals surface area (Å²) in [5.41, 5.74) is 1.60. The third kappa shape index (κ3) is 2.96. The topological polar surface area (TPSA) is 103 Å². The maximum absolute atomic E-state index is 12.1. The van der Waals surface area contributed by atoms with E-state index in [1.807, 2.05) is 28.9 Å². The van der Waals surface area contributed by atoms with Gasteiger partial charge in [0.25, 0.3) is 0 Å². The normalized spacial score (nSPS) is 16.4. The van der Waals surface area contributed by atoms with Gasteiger partial charge in [0.1, 0.15) is 12.2 Å². The van der Waals surface area contributed by atoms with Crippen molar-refractivity contribution in [3.05, 3.63) is 48.8 Å². The number of amides is 2. The number of carbonyl (C=O) groups is 1. The van der Waals surface area contributed by atoms with Crippen molar-refractivity contribution in [2.75, 3.05) is 5.32 Å². The predicted molar refractivity (Wildman–Crippen MR) is 85.6 cm³/mol. The second-order valence-corrected chi connectivity index (χ2v) is 5.59. The van der Waals surface area contributed by atoms with Crippen molar-refractivity contribution in [3.63, 3.8) is 0 Å². The lowest BCUT2D eigenvalue weighted by Crippen LogP contribution is -2.43. The molecule has 0 fully saturated rings. The number of aryl methyl sites for hydroxylation is 1. The maximum Gasteiger partial charge on any atom is 0.319 e. The molecular weight excluding hydrogens is 308 g/mol. The summed E-state index contributed by atoms with van der Waals surface area (Å²) in [6.07, 6.45) is 6.60. The van der Waals surface area contributed by atoms with Crippen LogP contribution in [0.2, 0.25) is 0 Å². The van der Waals surface area contributed by atoms with Gasteiger partial charge in [-0.1, -0.05) is 5.21 Å². The van der Waals surface area contributed by atoms with E-state index in [9.17, 15) is 4.79 Å². The lowest BCUT2D eigenvalue weighted by Gasteiger charge is -2.23. The molecule has 3 aromatic rings. The van der Waals surface area contributed by atoms with Crippen molar-refractivity contribution in [2.45, 2.75) is 25.4 Å². The number of urea groups is 1. The minimum atomic E-state index is -0.225. The molecule has 2 amide bonds. The zero-order valence-electron chi connectivity index (χ0n) is 12.8. The van der Waals surface area contributed by atoms with Gasteiger partial charge >= 0.3 is 6.03 Å². The number of hydrogen-bond acceptors (Lipinski definition) is 5. The number of nitrogens with zero attached hydrogens (tertiary/aromatic N) is 6. The molecule has 9 nitrogen and oxygen atoms in total. The van der Waals surface area contributed by atoms with Gasteiger partial charge in [-0.2, -0.15) is 5.10 Å². The average molecular weight is 324 g/mol. The second kappa shape index (κ2) is 6.11. The van der Waals surface area contributed by atoms with Gasteiger partial charge in [-0.3, -0.25) is 0 Å². The molecule has 0 aliphatic carbocycles. The van der Waals surface area contributed by atoms with E-state index in [-0.39, 0.29) is 12.1 Å². The Labute approximate surface area is 137 Å². The standard InChI is InChI=1S/C15H16N8O/c24-15(20-12-3-6-14-16-10-18-23(14)9-12)19-11-1-4-13(5-2-11)22-8-7-17-21-22/h1-2,4-5,7-8,10,12H,3,6,9H2,(H2,19,20,24)/t12-/m0/s1. The molecule has 0 bridgehead atoms. The number of hydrogen-bond donors (Lipinski definition) is 2. The van der Waals surface area contributed by atoms with Crippen molar-refractivity contribution >= 4 is 11.7 Å². The smallest absolute Gasteiger partial charge is 0.319 e. The first-order chi connectivity index (χ1) is 11.8. The zero-order chi connectivity index (χ0) is 16.4. The highest BCUT2D eigenvalue weighted by atomic mass is 16.2. The Morgan fingerprint density at radius 3 is 2.92 bits per heavy atom. The van der Waals surface area contributed by atoms with E-state index >= 15 is 0 Å². The molecule has 1 aliphatic heterocycles. The Morgan fingerprint density at radius 2 is 2.12 bits per heavy atom. The molecule has 0 unspecified atom stereocenters. The number of anilines is 1. The highest BCUT2D eigenvalue weighted by Gasteiger charge is 2.21. The molecule has 1 aliphatic rings. The Bertz CT molecular complexity index is 824. The Balaban J connectivity index is 1.35. The van der Waals surface area contributed by atoms with Gasteiger partial charge in [0.15, 0.2) is 0 Å². The molecule has 3 heterocycles. The van der Waals surface area contributed by atoms with Gasteiger partial charge in [-0.25, -0.2) is 19.1 Å². The van der Waals surface area contributed by atoms with Crippen LogP contribution in [0.3, 0.4) is 0 Å². The Kier molecular flexibility index (Phi) is 3.66. The van der Waals surface area contributed by atoms with Crippen molar-refractivity contribution in [1.82, 2.24) is 35.1 Å². The predicted octanol–water partition coefficient (Wildman–Crippen LogP) is 0.995. The monoisotopic (exact) mass is 324 g/mol. The minimum Gasteiger partial charge on any atom is -0.333 e. The fourth-order valence-electron chi connectivity index (χ4n) is 2.75. The molecule has 0 spiro atoms. The highest BCUT2D eigenvalue weighted by Crippen LogP contribution is 2.14. The number of nitrogens with one attached hydrogen (secondary N) is 2. The van der Waals surface area contributed by atoms with Crippen molar-refractivity contribution in [1.29, 1.82) is 0 Å². The third-order valence-electron chi connectivity index (χ3n) is 3.95. The average Bonchev–Trinajstić information content (AvgIpc) is 3.26. The molecule has 0 radical (unpaired) electrons. The van der Waals surface area contributed by atoms with Gasteiger partial charge < -0.3 is 10.6 Å². The van der Waals surface area contributed by atoms with Gasteiger partial charge in [-0.15, -0.1) is 5.10 Å². The van der Waals surface area contributed by atoms with Crippen LogP contribution in [0, 0.1) is 0 Å². The second-order valence-electron chi connectivity index (χ2n) is 5.59. The van der Waals surface area contributed by atoms with E-state index in [0.717, 1.165) is 24.4 Å². The molecule has 1 atom stereocenters. The first-order valence-electron chi connectivity index (χ1n) is 7.69. The summed E-state index contributed by atoms with van der Waals surface area (Å²) in [4.78, 5) is 16.3. The number of aromatic nitrogens is 6. The van der Waals surface area contributed by atoms with Crippen LogP contribution in [-0.2, 0) is 13.0 Å².